The summed E-state index contributed by atoms with van der Waals surface area (Å²) < 4.78 is 5.92. The van der Waals surface area contributed by atoms with Crippen LogP contribution in [0, 0.1) is 5.92 Å². The second-order valence-corrected chi connectivity index (χ2v) is 10.7. The van der Waals surface area contributed by atoms with E-state index in [1.807, 2.05) is 6.92 Å². The maximum atomic E-state index is 10.6. The van der Waals surface area contributed by atoms with Gasteiger partial charge in [0.1, 0.15) is 0 Å². The van der Waals surface area contributed by atoms with Crippen molar-refractivity contribution in [2.45, 2.75) is 58.5 Å². The summed E-state index contributed by atoms with van der Waals surface area (Å²) in [6.45, 7) is 12.4. The molecule has 0 aromatic carbocycles. The largest absolute Gasteiger partial charge is 0.481 e. The van der Waals surface area contributed by atoms with Crippen LogP contribution in [-0.4, -0.2) is 25.6 Å². The predicted octanol–water partition coefficient (Wildman–Crippen LogP) is 2.40. The Balaban J connectivity index is 4.44. The molecule has 0 fully saturated rings. The molecule has 4 nitrogen and oxygen atoms in total. The molecule has 0 radical (unpaired) electrons. The van der Waals surface area contributed by atoms with Crippen LogP contribution < -0.4 is 5.73 Å². The van der Waals surface area contributed by atoms with Crippen LogP contribution >= 0.6 is 0 Å². The standard InChI is InChI=1S/C11H25NO3Si/c1-8(7-9(13)14)10(12)15-16(5,6)11(2,3)4/h8,10H,7,12H2,1-6H3,(H,13,14). The van der Waals surface area contributed by atoms with Gasteiger partial charge in [0.15, 0.2) is 8.32 Å². The average Bonchev–Trinajstić information content (AvgIpc) is 1.99. The highest BCUT2D eigenvalue weighted by Gasteiger charge is 2.39. The molecule has 2 atom stereocenters. The Kier molecular flexibility index (Phi) is 5.16. The van der Waals surface area contributed by atoms with E-state index in [-0.39, 0.29) is 17.4 Å². The Labute approximate surface area is 99.3 Å². The third kappa shape index (κ3) is 4.63. The number of carboxylic acid groups (broad SMARTS) is 1. The minimum absolute atomic E-state index is 0.0514. The molecule has 0 aliphatic rings. The SMILES string of the molecule is CC(CC(=O)O)C(N)O[Si](C)(C)C(C)(C)C. The van der Waals surface area contributed by atoms with Gasteiger partial charge in [0.2, 0.25) is 0 Å². The highest BCUT2D eigenvalue weighted by Crippen LogP contribution is 2.37. The molecule has 96 valence electrons. The molecule has 0 saturated heterocycles. The van der Waals surface area contributed by atoms with Crippen LogP contribution in [0.3, 0.4) is 0 Å². The first-order chi connectivity index (χ1) is 6.97. The highest BCUT2D eigenvalue weighted by molar-refractivity contribution is 6.74. The number of nitrogens with two attached hydrogens (primary N) is 1. The first kappa shape index (κ1) is 15.6. The molecule has 5 heteroatoms. The van der Waals surface area contributed by atoms with Gasteiger partial charge in [-0.3, -0.25) is 4.79 Å². The molecule has 16 heavy (non-hydrogen) atoms. The third-order valence-corrected chi connectivity index (χ3v) is 7.77. The molecule has 0 aliphatic heterocycles. The number of rotatable bonds is 5. The van der Waals surface area contributed by atoms with Crippen LogP contribution in [-0.2, 0) is 9.22 Å². The van der Waals surface area contributed by atoms with Gasteiger partial charge in [-0.1, -0.05) is 27.7 Å². The van der Waals surface area contributed by atoms with Gasteiger partial charge in [-0.25, -0.2) is 0 Å². The Morgan fingerprint density at radius 3 is 2.19 bits per heavy atom. The van der Waals surface area contributed by atoms with E-state index in [2.05, 4.69) is 33.9 Å². The van der Waals surface area contributed by atoms with Crippen LogP contribution in [0.25, 0.3) is 0 Å². The molecule has 0 spiro atoms. The number of carbonyl (C=O) groups is 1. The monoisotopic (exact) mass is 247 g/mol. The molecule has 0 aromatic rings. The number of carboxylic acids is 1. The van der Waals surface area contributed by atoms with E-state index in [0.717, 1.165) is 0 Å². The minimum Gasteiger partial charge on any atom is -0.481 e. The van der Waals surface area contributed by atoms with Gasteiger partial charge in [-0.15, -0.1) is 0 Å². The Morgan fingerprint density at radius 2 is 1.88 bits per heavy atom. The van der Waals surface area contributed by atoms with Crippen molar-refractivity contribution in [3.05, 3.63) is 0 Å². The molecule has 2 unspecified atom stereocenters. The van der Waals surface area contributed by atoms with E-state index >= 15 is 0 Å². The third-order valence-electron chi connectivity index (χ3n) is 3.29. The fourth-order valence-corrected chi connectivity index (χ4v) is 2.29. The summed E-state index contributed by atoms with van der Waals surface area (Å²) >= 11 is 0. The van der Waals surface area contributed by atoms with Gasteiger partial charge in [0.05, 0.1) is 12.6 Å². The smallest absolute Gasteiger partial charge is 0.303 e. The van der Waals surface area contributed by atoms with Crippen LogP contribution in [0.5, 0.6) is 0 Å². The van der Waals surface area contributed by atoms with Crippen LogP contribution in [0.2, 0.25) is 18.1 Å². The van der Waals surface area contributed by atoms with Crippen molar-refractivity contribution in [3.63, 3.8) is 0 Å². The lowest BCUT2D eigenvalue weighted by Gasteiger charge is -2.39. The summed E-state index contributed by atoms with van der Waals surface area (Å²) in [5.74, 6) is -0.992. The van der Waals surface area contributed by atoms with E-state index < -0.39 is 20.5 Å². The summed E-state index contributed by atoms with van der Waals surface area (Å²) in [7, 11) is -1.90. The van der Waals surface area contributed by atoms with Crippen LogP contribution in [0.15, 0.2) is 0 Å². The van der Waals surface area contributed by atoms with E-state index in [9.17, 15) is 4.79 Å². The zero-order valence-electron chi connectivity index (χ0n) is 11.2. The fraction of sp³-hybridized carbons (Fsp3) is 0.909. The van der Waals surface area contributed by atoms with Gasteiger partial charge < -0.3 is 15.3 Å². The normalized spacial score (nSPS) is 16.9. The van der Waals surface area contributed by atoms with Gasteiger partial charge in [-0.2, -0.15) is 0 Å². The highest BCUT2D eigenvalue weighted by atomic mass is 28.4. The first-order valence-corrected chi connectivity index (χ1v) is 8.53. The van der Waals surface area contributed by atoms with Crippen molar-refractivity contribution < 1.29 is 14.3 Å². The number of hydrogen-bond donors (Lipinski definition) is 2. The van der Waals surface area contributed by atoms with E-state index in [1.165, 1.54) is 0 Å². The summed E-state index contributed by atoms with van der Waals surface area (Å²) in [6, 6.07) is 0. The van der Waals surface area contributed by atoms with Gasteiger partial charge in [0, 0.05) is 5.92 Å². The lowest BCUT2D eigenvalue weighted by Crippen LogP contribution is -2.48. The minimum atomic E-state index is -1.90. The van der Waals surface area contributed by atoms with Crippen molar-refractivity contribution in [2.75, 3.05) is 0 Å². The van der Waals surface area contributed by atoms with Crippen LogP contribution in [0.1, 0.15) is 34.1 Å². The molecule has 0 saturated carbocycles. The fourth-order valence-electron chi connectivity index (χ4n) is 1.02. The summed E-state index contributed by atoms with van der Waals surface area (Å²) in [4.78, 5) is 10.6. The molecular weight excluding hydrogens is 222 g/mol. The van der Waals surface area contributed by atoms with Crippen molar-refractivity contribution in [1.82, 2.24) is 0 Å². The topological polar surface area (TPSA) is 72.5 Å². The van der Waals surface area contributed by atoms with Crippen molar-refractivity contribution in [3.8, 4) is 0 Å². The summed E-state index contributed by atoms with van der Waals surface area (Å²) in [6.07, 6.45) is -0.438. The van der Waals surface area contributed by atoms with Crippen molar-refractivity contribution >= 4 is 14.3 Å². The molecule has 0 amide bonds. The lowest BCUT2D eigenvalue weighted by atomic mass is 10.1. The Hall–Kier alpha value is -0.393. The predicted molar refractivity (Wildman–Crippen MR) is 67.7 cm³/mol. The van der Waals surface area contributed by atoms with E-state index in [4.69, 9.17) is 15.3 Å². The second kappa shape index (κ2) is 5.29. The zero-order chi connectivity index (χ0) is 13.1. The number of hydrogen-bond acceptors (Lipinski definition) is 3. The molecule has 0 aliphatic carbocycles. The molecular formula is C11H25NO3Si. The summed E-state index contributed by atoms with van der Waals surface area (Å²) in [5.41, 5.74) is 5.90. The molecule has 0 heterocycles. The van der Waals surface area contributed by atoms with Gasteiger partial charge in [0.25, 0.3) is 0 Å². The van der Waals surface area contributed by atoms with E-state index in [0.29, 0.717) is 0 Å². The Bertz CT molecular complexity index is 248. The van der Waals surface area contributed by atoms with Gasteiger partial charge >= 0.3 is 5.97 Å². The molecule has 0 bridgehead atoms. The maximum Gasteiger partial charge on any atom is 0.303 e. The average molecular weight is 247 g/mol. The van der Waals surface area contributed by atoms with Gasteiger partial charge in [-0.05, 0) is 18.1 Å². The van der Waals surface area contributed by atoms with Crippen molar-refractivity contribution in [1.29, 1.82) is 0 Å². The Morgan fingerprint density at radius 1 is 1.44 bits per heavy atom. The van der Waals surface area contributed by atoms with E-state index in [1.54, 1.807) is 0 Å². The molecule has 0 aromatic heterocycles. The summed E-state index contributed by atoms with van der Waals surface area (Å²) in [5, 5.41) is 8.78. The number of aliphatic carboxylic acids is 1. The zero-order valence-corrected chi connectivity index (χ0v) is 12.2. The van der Waals surface area contributed by atoms with Crippen LogP contribution in [0.4, 0.5) is 0 Å². The lowest BCUT2D eigenvalue weighted by molar-refractivity contribution is -0.138. The second-order valence-electron chi connectivity index (χ2n) is 5.92. The molecule has 3 N–H and O–H groups in total. The quantitative estimate of drug-likeness (QED) is 0.578. The molecule has 0 rings (SSSR count). The maximum absolute atomic E-state index is 10.6. The van der Waals surface area contributed by atoms with Crippen molar-refractivity contribution in [2.24, 2.45) is 11.7 Å². The first-order valence-electron chi connectivity index (χ1n) is 5.62.